The lowest BCUT2D eigenvalue weighted by Crippen LogP contribution is -2.23. The van der Waals surface area contributed by atoms with Crippen molar-refractivity contribution in [3.05, 3.63) is 74.0 Å². The van der Waals surface area contributed by atoms with Crippen LogP contribution in [-0.2, 0) is 6.54 Å². The number of nitrogens with zero attached hydrogens (tertiary/aromatic N) is 1. The minimum Gasteiger partial charge on any atom is -0.348 e. The van der Waals surface area contributed by atoms with Crippen molar-refractivity contribution in [2.45, 2.75) is 13.5 Å². The molecule has 0 fully saturated rings. The lowest BCUT2D eigenvalue weighted by molar-refractivity contribution is -0.385. The van der Waals surface area contributed by atoms with Gasteiger partial charge in [0, 0.05) is 23.2 Å². The second-order valence-electron chi connectivity index (χ2n) is 4.67. The minimum absolute atomic E-state index is 0.100. The van der Waals surface area contributed by atoms with E-state index in [0.717, 1.165) is 17.7 Å². The summed E-state index contributed by atoms with van der Waals surface area (Å²) in [4.78, 5) is 22.1. The van der Waals surface area contributed by atoms with E-state index in [2.05, 4.69) is 5.32 Å². The molecule has 7 heteroatoms. The van der Waals surface area contributed by atoms with Crippen LogP contribution < -0.4 is 5.32 Å². The van der Waals surface area contributed by atoms with Crippen molar-refractivity contribution < 1.29 is 14.1 Å². The lowest BCUT2D eigenvalue weighted by atomic mass is 10.1. The largest absolute Gasteiger partial charge is 0.348 e. The van der Waals surface area contributed by atoms with E-state index in [9.17, 15) is 19.3 Å². The van der Waals surface area contributed by atoms with Crippen molar-refractivity contribution >= 4 is 23.2 Å². The number of hydrogen-bond donors (Lipinski definition) is 1. The first kappa shape index (κ1) is 15.9. The molecule has 0 atom stereocenters. The van der Waals surface area contributed by atoms with Crippen LogP contribution in [0, 0.1) is 22.9 Å². The predicted octanol–water partition coefficient (Wildman–Crippen LogP) is 3.63. The summed E-state index contributed by atoms with van der Waals surface area (Å²) in [6.45, 7) is 1.48. The van der Waals surface area contributed by atoms with E-state index < -0.39 is 22.3 Å². The fourth-order valence-electron chi connectivity index (χ4n) is 1.92. The van der Waals surface area contributed by atoms with Gasteiger partial charge in [0.2, 0.25) is 0 Å². The molecular weight excluding hydrogens is 311 g/mol. The Hall–Kier alpha value is -2.47. The average Bonchev–Trinajstić information content (AvgIpc) is 2.47. The zero-order valence-corrected chi connectivity index (χ0v) is 12.4. The van der Waals surface area contributed by atoms with Gasteiger partial charge in [0.15, 0.2) is 0 Å². The van der Waals surface area contributed by atoms with Gasteiger partial charge in [0.1, 0.15) is 5.82 Å². The molecule has 1 amide bonds. The van der Waals surface area contributed by atoms with Gasteiger partial charge in [-0.3, -0.25) is 14.9 Å². The molecule has 2 rings (SSSR count). The molecular formula is C15H12ClFN2O3. The highest BCUT2D eigenvalue weighted by atomic mass is 35.5. The Kier molecular flexibility index (Phi) is 4.72. The first-order chi connectivity index (χ1) is 10.4. The average molecular weight is 323 g/mol. The molecule has 2 aromatic rings. The second-order valence-corrected chi connectivity index (χ2v) is 5.11. The van der Waals surface area contributed by atoms with E-state index in [4.69, 9.17) is 11.6 Å². The summed E-state index contributed by atoms with van der Waals surface area (Å²) in [5.41, 5.74) is 0.143. The normalized spacial score (nSPS) is 10.3. The zero-order valence-electron chi connectivity index (χ0n) is 11.6. The molecule has 0 saturated heterocycles. The third-order valence-electron chi connectivity index (χ3n) is 3.12. The van der Waals surface area contributed by atoms with E-state index in [1.54, 1.807) is 24.3 Å². The fraction of sp³-hybridized carbons (Fsp3) is 0.133. The molecule has 0 aliphatic carbocycles. The van der Waals surface area contributed by atoms with Gasteiger partial charge in [-0.15, -0.1) is 0 Å². The number of nitro benzene ring substituents is 1. The molecule has 0 spiro atoms. The van der Waals surface area contributed by atoms with Crippen molar-refractivity contribution in [3.63, 3.8) is 0 Å². The molecule has 1 N–H and O–H groups in total. The maximum Gasteiger partial charge on any atom is 0.276 e. The molecule has 114 valence electrons. The van der Waals surface area contributed by atoms with Crippen LogP contribution in [0.1, 0.15) is 21.5 Å². The molecule has 0 aromatic heterocycles. The van der Waals surface area contributed by atoms with Crippen LogP contribution in [0.3, 0.4) is 0 Å². The van der Waals surface area contributed by atoms with Gasteiger partial charge in [-0.25, -0.2) is 4.39 Å². The Balaban J connectivity index is 2.18. The summed E-state index contributed by atoms with van der Waals surface area (Å²) in [6.07, 6.45) is 0. The van der Waals surface area contributed by atoms with Crippen molar-refractivity contribution in [2.75, 3.05) is 0 Å². The highest BCUT2D eigenvalue weighted by Gasteiger charge is 2.19. The van der Waals surface area contributed by atoms with Gasteiger partial charge in [-0.05, 0) is 30.7 Å². The summed E-state index contributed by atoms with van der Waals surface area (Å²) in [5, 5.41) is 14.0. The molecule has 0 aliphatic heterocycles. The molecule has 2 aromatic carbocycles. The third-order valence-corrected chi connectivity index (χ3v) is 3.35. The van der Waals surface area contributed by atoms with Crippen molar-refractivity contribution in [1.82, 2.24) is 5.32 Å². The molecule has 0 heterocycles. The van der Waals surface area contributed by atoms with Gasteiger partial charge >= 0.3 is 0 Å². The highest BCUT2D eigenvalue weighted by molar-refractivity contribution is 6.30. The van der Waals surface area contributed by atoms with E-state index >= 15 is 0 Å². The number of nitro groups is 1. The maximum absolute atomic E-state index is 13.7. The van der Waals surface area contributed by atoms with E-state index in [0.29, 0.717) is 5.02 Å². The monoisotopic (exact) mass is 322 g/mol. The number of carbonyl (C=O) groups excluding carboxylic acids is 1. The molecule has 0 bridgehead atoms. The standard InChI is InChI=1S/C15H12ClFN2O3/c1-9-13(17)6-11(7-14(9)19(21)22)15(20)18-8-10-3-2-4-12(16)5-10/h2-7H,8H2,1H3,(H,18,20). The van der Waals surface area contributed by atoms with Crippen LogP contribution in [0.2, 0.25) is 5.02 Å². The summed E-state index contributed by atoms with van der Waals surface area (Å²) < 4.78 is 13.7. The molecule has 22 heavy (non-hydrogen) atoms. The number of rotatable bonds is 4. The minimum atomic E-state index is -0.790. The van der Waals surface area contributed by atoms with Gasteiger partial charge in [0.05, 0.1) is 10.5 Å². The molecule has 0 saturated carbocycles. The molecule has 0 radical (unpaired) electrons. The van der Waals surface area contributed by atoms with Crippen molar-refractivity contribution in [3.8, 4) is 0 Å². The van der Waals surface area contributed by atoms with Crippen LogP contribution in [-0.4, -0.2) is 10.8 Å². The summed E-state index contributed by atoms with van der Waals surface area (Å²) in [7, 11) is 0. The first-order valence-corrected chi connectivity index (χ1v) is 6.73. The van der Waals surface area contributed by atoms with E-state index in [-0.39, 0.29) is 17.7 Å². The van der Waals surface area contributed by atoms with Gasteiger partial charge in [0.25, 0.3) is 11.6 Å². The summed E-state index contributed by atoms with van der Waals surface area (Å²) in [5.74, 6) is -1.39. The topological polar surface area (TPSA) is 72.2 Å². The number of carbonyl (C=O) groups is 1. The Bertz CT molecular complexity index is 750. The lowest BCUT2D eigenvalue weighted by Gasteiger charge is -2.07. The maximum atomic E-state index is 13.7. The second kappa shape index (κ2) is 6.53. The van der Waals surface area contributed by atoms with E-state index in [1.165, 1.54) is 6.92 Å². The van der Waals surface area contributed by atoms with Crippen LogP contribution in [0.25, 0.3) is 0 Å². The van der Waals surface area contributed by atoms with Crippen LogP contribution >= 0.6 is 11.6 Å². The molecule has 0 unspecified atom stereocenters. The first-order valence-electron chi connectivity index (χ1n) is 6.35. The van der Waals surface area contributed by atoms with E-state index in [1.807, 2.05) is 0 Å². The number of hydrogen-bond acceptors (Lipinski definition) is 3. The fourth-order valence-corrected chi connectivity index (χ4v) is 2.13. The number of benzene rings is 2. The Morgan fingerprint density at radius 2 is 2.09 bits per heavy atom. The smallest absolute Gasteiger partial charge is 0.276 e. The Labute approximate surface area is 130 Å². The Morgan fingerprint density at radius 1 is 1.36 bits per heavy atom. The zero-order chi connectivity index (χ0) is 16.3. The van der Waals surface area contributed by atoms with Crippen LogP contribution in [0.4, 0.5) is 10.1 Å². The quantitative estimate of drug-likeness (QED) is 0.690. The van der Waals surface area contributed by atoms with Gasteiger partial charge < -0.3 is 5.32 Å². The summed E-state index contributed by atoms with van der Waals surface area (Å²) >= 11 is 5.83. The van der Waals surface area contributed by atoms with Crippen molar-refractivity contribution in [2.24, 2.45) is 0 Å². The van der Waals surface area contributed by atoms with Crippen LogP contribution in [0.15, 0.2) is 36.4 Å². The Morgan fingerprint density at radius 3 is 2.73 bits per heavy atom. The molecule has 5 nitrogen and oxygen atoms in total. The third kappa shape index (κ3) is 3.59. The molecule has 0 aliphatic rings. The number of amides is 1. The number of nitrogens with one attached hydrogen (secondary N) is 1. The van der Waals surface area contributed by atoms with Crippen LogP contribution in [0.5, 0.6) is 0 Å². The van der Waals surface area contributed by atoms with Gasteiger partial charge in [-0.1, -0.05) is 23.7 Å². The van der Waals surface area contributed by atoms with Crippen molar-refractivity contribution in [1.29, 1.82) is 0 Å². The predicted molar refractivity (Wildman–Crippen MR) is 80.4 cm³/mol. The summed E-state index contributed by atoms with van der Waals surface area (Å²) in [6, 6.07) is 8.93. The van der Waals surface area contributed by atoms with Gasteiger partial charge in [-0.2, -0.15) is 0 Å². The number of halogens is 2. The SMILES string of the molecule is Cc1c(F)cc(C(=O)NCc2cccc(Cl)c2)cc1[N+](=O)[O-]. The highest BCUT2D eigenvalue weighted by Crippen LogP contribution is 2.22.